The van der Waals surface area contributed by atoms with Crippen molar-refractivity contribution in [2.75, 3.05) is 24.5 Å². The van der Waals surface area contributed by atoms with Gasteiger partial charge < -0.3 is 10.0 Å². The third kappa shape index (κ3) is 2.47. The van der Waals surface area contributed by atoms with Gasteiger partial charge in [-0.05, 0) is 32.4 Å². The van der Waals surface area contributed by atoms with Crippen LogP contribution in [0.5, 0.6) is 0 Å². The molecule has 108 valence electrons. The van der Waals surface area contributed by atoms with Crippen LogP contribution in [0, 0.1) is 0 Å². The van der Waals surface area contributed by atoms with Gasteiger partial charge in [-0.15, -0.1) is 0 Å². The first-order valence-corrected chi connectivity index (χ1v) is 7.22. The van der Waals surface area contributed by atoms with E-state index in [1.165, 1.54) is 38.1 Å². The highest BCUT2D eigenvalue weighted by Crippen LogP contribution is 2.26. The summed E-state index contributed by atoms with van der Waals surface area (Å²) in [5, 5.41) is 9.04. The molecule has 0 aromatic carbocycles. The Bertz CT molecular complexity index is 508. The van der Waals surface area contributed by atoms with Crippen molar-refractivity contribution in [1.29, 1.82) is 0 Å². The Morgan fingerprint density at radius 3 is 3.05 bits per heavy atom. The monoisotopic (exact) mass is 276 g/mol. The van der Waals surface area contributed by atoms with Gasteiger partial charge in [-0.25, -0.2) is 14.8 Å². The molecule has 6 nitrogen and oxygen atoms in total. The zero-order chi connectivity index (χ0) is 14.1. The maximum Gasteiger partial charge on any atom is 0.354 e. The molecule has 2 saturated heterocycles. The van der Waals surface area contributed by atoms with Crippen LogP contribution in [0.4, 0.5) is 5.95 Å². The number of hydrogen-bond donors (Lipinski definition) is 1. The lowest BCUT2D eigenvalue weighted by atomic mass is 9.97. The second-order valence-electron chi connectivity index (χ2n) is 5.69. The van der Waals surface area contributed by atoms with E-state index in [9.17, 15) is 4.79 Å². The van der Waals surface area contributed by atoms with E-state index in [1.807, 2.05) is 0 Å². The summed E-state index contributed by atoms with van der Waals surface area (Å²) in [6.45, 7) is 5.23. The fourth-order valence-corrected chi connectivity index (χ4v) is 3.24. The molecule has 0 saturated carbocycles. The van der Waals surface area contributed by atoms with Crippen molar-refractivity contribution in [2.45, 2.75) is 38.3 Å². The Hall–Kier alpha value is -1.69. The fraction of sp³-hybridized carbons (Fsp3) is 0.643. The molecule has 1 aromatic rings. The summed E-state index contributed by atoms with van der Waals surface area (Å²) < 4.78 is 0. The molecule has 2 unspecified atom stereocenters. The minimum Gasteiger partial charge on any atom is -0.477 e. The number of piperazine rings is 1. The minimum atomic E-state index is -1.00. The van der Waals surface area contributed by atoms with Gasteiger partial charge in [0.25, 0.3) is 0 Å². The van der Waals surface area contributed by atoms with Gasteiger partial charge in [0.1, 0.15) is 0 Å². The molecule has 0 spiro atoms. The van der Waals surface area contributed by atoms with Crippen molar-refractivity contribution < 1.29 is 9.90 Å². The van der Waals surface area contributed by atoms with Crippen LogP contribution in [0.1, 0.15) is 36.7 Å². The largest absolute Gasteiger partial charge is 0.477 e. The van der Waals surface area contributed by atoms with Crippen molar-refractivity contribution in [3.63, 3.8) is 0 Å². The standard InChI is InChI=1S/C14H20N4O2/c1-10-8-17-7-3-2-4-11(17)9-18(10)14-15-6-5-12(16-14)13(19)20/h5-6,10-11H,2-4,7-9H2,1H3,(H,19,20). The van der Waals surface area contributed by atoms with E-state index in [4.69, 9.17) is 5.11 Å². The molecule has 2 aliphatic heterocycles. The van der Waals surface area contributed by atoms with Gasteiger partial charge in [-0.2, -0.15) is 0 Å². The molecule has 20 heavy (non-hydrogen) atoms. The third-order valence-corrected chi connectivity index (χ3v) is 4.31. The normalized spacial score (nSPS) is 27.1. The van der Waals surface area contributed by atoms with E-state index in [0.29, 0.717) is 18.0 Å². The van der Waals surface area contributed by atoms with Crippen LogP contribution in [0.25, 0.3) is 0 Å². The summed E-state index contributed by atoms with van der Waals surface area (Å²) in [5.41, 5.74) is 0.0632. The summed E-state index contributed by atoms with van der Waals surface area (Å²) >= 11 is 0. The van der Waals surface area contributed by atoms with E-state index >= 15 is 0 Å². The van der Waals surface area contributed by atoms with Gasteiger partial charge in [-0.3, -0.25) is 4.90 Å². The number of nitrogens with zero attached hydrogens (tertiary/aromatic N) is 4. The zero-order valence-electron chi connectivity index (χ0n) is 11.7. The van der Waals surface area contributed by atoms with Crippen LogP contribution in [0.2, 0.25) is 0 Å². The van der Waals surface area contributed by atoms with Crippen LogP contribution in [-0.4, -0.2) is 57.7 Å². The molecule has 2 fully saturated rings. The number of anilines is 1. The number of carboxylic acids is 1. The van der Waals surface area contributed by atoms with Crippen molar-refractivity contribution in [2.24, 2.45) is 0 Å². The van der Waals surface area contributed by atoms with Gasteiger partial charge >= 0.3 is 5.97 Å². The number of piperidine rings is 1. The lowest BCUT2D eigenvalue weighted by Crippen LogP contribution is -2.59. The molecule has 0 bridgehead atoms. The Morgan fingerprint density at radius 1 is 1.40 bits per heavy atom. The van der Waals surface area contributed by atoms with E-state index < -0.39 is 5.97 Å². The van der Waals surface area contributed by atoms with Crippen molar-refractivity contribution in [3.05, 3.63) is 18.0 Å². The molecule has 1 N–H and O–H groups in total. The molecule has 1 aromatic heterocycles. The summed E-state index contributed by atoms with van der Waals surface area (Å²) in [5.74, 6) is -0.458. The number of rotatable bonds is 2. The van der Waals surface area contributed by atoms with Crippen LogP contribution in [0.3, 0.4) is 0 Å². The number of aromatic nitrogens is 2. The lowest BCUT2D eigenvalue weighted by Gasteiger charge is -2.47. The first-order chi connectivity index (χ1) is 9.65. The fourth-order valence-electron chi connectivity index (χ4n) is 3.24. The van der Waals surface area contributed by atoms with Crippen LogP contribution < -0.4 is 4.90 Å². The topological polar surface area (TPSA) is 69.6 Å². The molecule has 2 atom stereocenters. The first kappa shape index (κ1) is 13.3. The number of carbonyl (C=O) groups is 1. The van der Waals surface area contributed by atoms with Crippen LogP contribution in [-0.2, 0) is 0 Å². The molecular formula is C14H20N4O2. The number of hydrogen-bond acceptors (Lipinski definition) is 5. The molecule has 3 rings (SSSR count). The minimum absolute atomic E-state index is 0.0632. The van der Waals surface area contributed by atoms with Gasteiger partial charge in [0, 0.05) is 31.4 Å². The number of aromatic carboxylic acids is 1. The van der Waals surface area contributed by atoms with Crippen molar-refractivity contribution >= 4 is 11.9 Å². The van der Waals surface area contributed by atoms with Crippen LogP contribution >= 0.6 is 0 Å². The Labute approximate surface area is 118 Å². The van der Waals surface area contributed by atoms with E-state index in [1.54, 1.807) is 0 Å². The molecule has 0 radical (unpaired) electrons. The summed E-state index contributed by atoms with van der Waals surface area (Å²) in [6, 6.07) is 2.30. The van der Waals surface area contributed by atoms with E-state index in [-0.39, 0.29) is 5.69 Å². The van der Waals surface area contributed by atoms with E-state index in [2.05, 4.69) is 26.7 Å². The molecule has 0 aliphatic carbocycles. The highest BCUT2D eigenvalue weighted by molar-refractivity contribution is 5.85. The Kier molecular flexibility index (Phi) is 3.56. The average Bonchev–Trinajstić information content (AvgIpc) is 2.46. The van der Waals surface area contributed by atoms with Crippen molar-refractivity contribution in [3.8, 4) is 0 Å². The second-order valence-corrected chi connectivity index (χ2v) is 5.69. The van der Waals surface area contributed by atoms with Crippen LogP contribution in [0.15, 0.2) is 12.3 Å². The molecule has 6 heteroatoms. The maximum absolute atomic E-state index is 11.0. The maximum atomic E-state index is 11.0. The predicted octanol–water partition coefficient (Wildman–Crippen LogP) is 1.24. The molecule has 3 heterocycles. The lowest BCUT2D eigenvalue weighted by molar-refractivity contribution is 0.0690. The first-order valence-electron chi connectivity index (χ1n) is 7.22. The predicted molar refractivity (Wildman–Crippen MR) is 75.0 cm³/mol. The number of fused-ring (bicyclic) bond motifs is 1. The average molecular weight is 276 g/mol. The van der Waals surface area contributed by atoms with Gasteiger partial charge in [-0.1, -0.05) is 6.42 Å². The Balaban J connectivity index is 1.82. The summed E-state index contributed by atoms with van der Waals surface area (Å²) in [4.78, 5) is 24.2. The quantitative estimate of drug-likeness (QED) is 0.876. The zero-order valence-corrected chi connectivity index (χ0v) is 11.7. The van der Waals surface area contributed by atoms with E-state index in [0.717, 1.165) is 13.1 Å². The Morgan fingerprint density at radius 2 is 2.25 bits per heavy atom. The summed E-state index contributed by atoms with van der Waals surface area (Å²) in [6.07, 6.45) is 5.31. The summed E-state index contributed by atoms with van der Waals surface area (Å²) in [7, 11) is 0. The smallest absolute Gasteiger partial charge is 0.354 e. The highest BCUT2D eigenvalue weighted by Gasteiger charge is 2.34. The molecule has 2 aliphatic rings. The third-order valence-electron chi connectivity index (χ3n) is 4.31. The van der Waals surface area contributed by atoms with Crippen molar-refractivity contribution in [1.82, 2.24) is 14.9 Å². The van der Waals surface area contributed by atoms with Gasteiger partial charge in [0.05, 0.1) is 0 Å². The molecule has 0 amide bonds. The molecular weight excluding hydrogens is 256 g/mol. The SMILES string of the molecule is CC1CN2CCCCC2CN1c1nccc(C(=O)O)n1. The highest BCUT2D eigenvalue weighted by atomic mass is 16.4. The van der Waals surface area contributed by atoms with Gasteiger partial charge in [0.2, 0.25) is 5.95 Å². The number of carboxylic acid groups (broad SMARTS) is 1. The second kappa shape index (κ2) is 5.36. The van der Waals surface area contributed by atoms with Gasteiger partial charge in [0.15, 0.2) is 5.69 Å².